The molecule has 172 valence electrons. The average Bonchev–Trinajstić information content (AvgIpc) is 3.38. The van der Waals surface area contributed by atoms with Gasteiger partial charge in [-0.1, -0.05) is 0 Å². The predicted octanol–water partition coefficient (Wildman–Crippen LogP) is 0.611. The van der Waals surface area contributed by atoms with Gasteiger partial charge in [0.25, 0.3) is 5.91 Å². The normalized spacial score (nSPS) is 13.5. The number of amides is 1. The van der Waals surface area contributed by atoms with Gasteiger partial charge in [-0.15, -0.1) is 22.7 Å². The predicted molar refractivity (Wildman–Crippen MR) is 126 cm³/mol. The summed E-state index contributed by atoms with van der Waals surface area (Å²) < 4.78 is 10.5. The van der Waals surface area contributed by atoms with E-state index in [0.29, 0.717) is 11.4 Å². The number of ether oxygens (including phenoxy) is 2. The molecule has 0 spiro atoms. The van der Waals surface area contributed by atoms with Gasteiger partial charge in [0, 0.05) is 5.69 Å². The summed E-state index contributed by atoms with van der Waals surface area (Å²) in [7, 11) is 1.50. The Morgan fingerprint density at radius 1 is 1.24 bits per heavy atom. The summed E-state index contributed by atoms with van der Waals surface area (Å²) in [6.07, 6.45) is 0. The van der Waals surface area contributed by atoms with Crippen LogP contribution in [0.5, 0.6) is 11.5 Å². The number of hydrogen-bond acceptors (Lipinski definition) is 10. The molecule has 1 aromatic rings. The standard InChI is InChI=1S/C22H16N4O6S2/c1-3-32-21(30)13-12-14(26(19(13)24)9-4-6-10(31-2)7-5-9)16(28)18-17(15(12)27)33-22(34-18)11(8-23)20(25)29/h4-7,24,28H,3H2,1-2H3,(H2,25,29)/b22-11-,24-19?. The molecule has 0 fully saturated rings. The van der Waals surface area contributed by atoms with Crippen LogP contribution in [0.15, 0.2) is 29.1 Å². The van der Waals surface area contributed by atoms with Crippen molar-refractivity contribution in [3.8, 4) is 17.6 Å². The highest BCUT2D eigenvalue weighted by Crippen LogP contribution is 2.37. The maximum Gasteiger partial charge on any atom is 0.342 e. The lowest BCUT2D eigenvalue weighted by Gasteiger charge is -2.21. The van der Waals surface area contributed by atoms with E-state index < -0.39 is 17.3 Å². The molecule has 2 aliphatic heterocycles. The van der Waals surface area contributed by atoms with Crippen molar-refractivity contribution < 1.29 is 24.2 Å². The Hall–Kier alpha value is -4.21. The maximum absolute atomic E-state index is 13.5. The zero-order valence-corrected chi connectivity index (χ0v) is 19.4. The number of benzene rings is 1. The average molecular weight is 497 g/mol. The molecule has 0 radical (unpaired) electrons. The molecule has 1 aromatic carbocycles. The van der Waals surface area contributed by atoms with E-state index in [1.165, 1.54) is 12.0 Å². The lowest BCUT2D eigenvalue weighted by atomic mass is 10.2. The van der Waals surface area contributed by atoms with Gasteiger partial charge in [0.2, 0.25) is 5.43 Å². The molecule has 4 rings (SSSR count). The van der Waals surface area contributed by atoms with E-state index >= 15 is 0 Å². The molecule has 0 unspecified atom stereocenters. The van der Waals surface area contributed by atoms with Crippen LogP contribution in [0.1, 0.15) is 6.92 Å². The smallest absolute Gasteiger partial charge is 0.342 e. The van der Waals surface area contributed by atoms with Crippen LogP contribution in [0.3, 0.4) is 0 Å². The van der Waals surface area contributed by atoms with Gasteiger partial charge >= 0.3 is 5.97 Å². The molecule has 0 aromatic heterocycles. The minimum Gasteiger partial charge on any atom is -0.504 e. The quantitative estimate of drug-likeness (QED) is 0.432. The molecule has 4 N–H and O–H groups in total. The van der Waals surface area contributed by atoms with Crippen LogP contribution in [0, 0.1) is 25.8 Å². The van der Waals surface area contributed by atoms with Crippen molar-refractivity contribution in [3.63, 3.8) is 0 Å². The Balaban J connectivity index is 2.16. The highest BCUT2D eigenvalue weighted by atomic mass is 32.2. The first kappa shape index (κ1) is 23.0. The maximum atomic E-state index is 13.5. The summed E-state index contributed by atoms with van der Waals surface area (Å²) in [4.78, 5) is 39.2. The summed E-state index contributed by atoms with van der Waals surface area (Å²) in [6, 6.07) is 8.19. The fourth-order valence-electron chi connectivity index (χ4n) is 3.54. The SMILES string of the molecule is CCOC(=O)C1=c2c(c(O)c3s/c(=C(/C#N)C(N)=O)sc=3c2=O)N(c2ccc(OC)cc2)C1=N. The highest BCUT2D eigenvalue weighted by molar-refractivity contribution is 7.25. The molecule has 0 bridgehead atoms. The second-order valence-electron chi connectivity index (χ2n) is 6.88. The molecular formula is C22H16N4O6S2. The zero-order valence-electron chi connectivity index (χ0n) is 17.8. The van der Waals surface area contributed by atoms with Crippen LogP contribution in [-0.4, -0.2) is 36.5 Å². The number of hydrogen-bond donors (Lipinski definition) is 3. The Labute approximate surface area is 199 Å². The van der Waals surface area contributed by atoms with E-state index in [2.05, 4.69) is 0 Å². The number of nitrogens with zero attached hydrogens (tertiary/aromatic N) is 2. The molecular weight excluding hydrogens is 480 g/mol. The summed E-state index contributed by atoms with van der Waals surface area (Å²) in [6.45, 7) is 1.61. The van der Waals surface area contributed by atoms with Crippen molar-refractivity contribution in [2.45, 2.75) is 6.92 Å². The number of methoxy groups -OCH3 is 1. The van der Waals surface area contributed by atoms with Gasteiger partial charge in [-0.05, 0) is 31.2 Å². The van der Waals surface area contributed by atoms with E-state index in [9.17, 15) is 24.8 Å². The highest BCUT2D eigenvalue weighted by Gasteiger charge is 2.37. The molecule has 1 amide bonds. The van der Waals surface area contributed by atoms with Gasteiger partial charge in [0.15, 0.2) is 5.75 Å². The van der Waals surface area contributed by atoms with E-state index in [1.807, 2.05) is 0 Å². The number of fused-ring (bicyclic) bond motifs is 1. The van der Waals surface area contributed by atoms with Crippen molar-refractivity contribution in [2.75, 3.05) is 18.6 Å². The van der Waals surface area contributed by atoms with E-state index in [-0.39, 0.29) is 53.2 Å². The fourth-order valence-corrected chi connectivity index (χ4v) is 6.08. The number of aromatic hydroxyl groups is 1. The minimum atomic E-state index is -0.967. The summed E-state index contributed by atoms with van der Waals surface area (Å²) >= 11 is 1.67. The van der Waals surface area contributed by atoms with Crippen LogP contribution in [0.4, 0.5) is 11.4 Å². The van der Waals surface area contributed by atoms with E-state index in [0.717, 1.165) is 22.7 Å². The van der Waals surface area contributed by atoms with Gasteiger partial charge in [-0.3, -0.25) is 19.9 Å². The van der Waals surface area contributed by atoms with Gasteiger partial charge in [0.05, 0.1) is 28.0 Å². The number of nitriles is 1. The van der Waals surface area contributed by atoms with Crippen LogP contribution in [-0.2, 0) is 14.3 Å². The molecule has 3 aliphatic rings. The monoisotopic (exact) mass is 496 g/mol. The number of rotatable bonds is 5. The first-order valence-electron chi connectivity index (χ1n) is 9.72. The molecule has 34 heavy (non-hydrogen) atoms. The Morgan fingerprint density at radius 2 is 1.88 bits per heavy atom. The Morgan fingerprint density at radius 3 is 2.44 bits per heavy atom. The van der Waals surface area contributed by atoms with Crippen molar-refractivity contribution in [1.29, 1.82) is 10.7 Å². The number of amidine groups is 1. The van der Waals surface area contributed by atoms with Crippen molar-refractivity contribution in [1.82, 2.24) is 0 Å². The van der Waals surface area contributed by atoms with Crippen molar-refractivity contribution in [3.05, 3.63) is 52.6 Å². The zero-order chi connectivity index (χ0) is 24.7. The van der Waals surface area contributed by atoms with Crippen LogP contribution in [0.25, 0.3) is 11.1 Å². The molecule has 0 saturated heterocycles. The van der Waals surface area contributed by atoms with Crippen LogP contribution < -0.4 is 29.9 Å². The lowest BCUT2D eigenvalue weighted by molar-refractivity contribution is -0.135. The van der Waals surface area contributed by atoms with Gasteiger partial charge in [-0.2, -0.15) is 5.26 Å². The van der Waals surface area contributed by atoms with E-state index in [4.69, 9.17) is 20.6 Å². The Kier molecular flexibility index (Phi) is 5.82. The summed E-state index contributed by atoms with van der Waals surface area (Å²) in [5.74, 6) is -2.02. The number of primary amides is 1. The molecule has 1 aliphatic carbocycles. The van der Waals surface area contributed by atoms with Crippen molar-refractivity contribution in [2.24, 2.45) is 5.73 Å². The van der Waals surface area contributed by atoms with Gasteiger partial charge < -0.3 is 20.3 Å². The third kappa shape index (κ3) is 3.38. The third-order valence-electron chi connectivity index (χ3n) is 5.01. The fraction of sp³-hybridized carbons (Fsp3) is 0.136. The lowest BCUT2D eigenvalue weighted by Crippen LogP contribution is -2.29. The van der Waals surface area contributed by atoms with E-state index in [1.54, 1.807) is 37.3 Å². The van der Waals surface area contributed by atoms with Crippen LogP contribution in [0.2, 0.25) is 0 Å². The van der Waals surface area contributed by atoms with Gasteiger partial charge in [-0.25, -0.2) is 4.79 Å². The number of esters is 1. The number of anilines is 2. The summed E-state index contributed by atoms with van der Waals surface area (Å²) in [5, 5.41) is 29.0. The molecule has 2 heterocycles. The second kappa shape index (κ2) is 8.62. The molecule has 0 atom stereocenters. The number of carbonyl (C=O) groups is 2. The first-order chi connectivity index (χ1) is 16.2. The molecule has 0 saturated carbocycles. The van der Waals surface area contributed by atoms with Crippen molar-refractivity contribution >= 4 is 62.9 Å². The first-order valence-corrected chi connectivity index (χ1v) is 11.4. The topological polar surface area (TPSA) is 167 Å². The molecule has 12 heteroatoms. The third-order valence-corrected chi connectivity index (χ3v) is 7.62. The van der Waals surface area contributed by atoms with Crippen LogP contribution >= 0.6 is 22.7 Å². The number of carbonyl (C=O) groups excluding carboxylic acids is 2. The second-order valence-corrected chi connectivity index (χ2v) is 9.18. The largest absolute Gasteiger partial charge is 0.504 e. The minimum absolute atomic E-state index is 0.0141. The Bertz CT molecular complexity index is 1660. The number of nitrogens with two attached hydrogens (primary N) is 1. The number of nitrogens with one attached hydrogen (secondary N) is 1. The summed E-state index contributed by atoms with van der Waals surface area (Å²) in [5.41, 5.74) is 4.32. The van der Waals surface area contributed by atoms with Gasteiger partial charge in [0.1, 0.15) is 38.3 Å². The molecule has 10 nitrogen and oxygen atoms in total.